The van der Waals surface area contributed by atoms with Gasteiger partial charge in [-0.1, -0.05) is 35.3 Å². The van der Waals surface area contributed by atoms with Gasteiger partial charge in [-0.05, 0) is 89.2 Å². The van der Waals surface area contributed by atoms with Crippen LogP contribution in [-0.2, 0) is 16.2 Å². The summed E-state index contributed by atoms with van der Waals surface area (Å²) >= 11 is 14.0. The lowest BCUT2D eigenvalue weighted by atomic mass is 10.1. The molecular weight excluding hydrogens is 637 g/mol. The highest BCUT2D eigenvalue weighted by Crippen LogP contribution is 2.36. The summed E-state index contributed by atoms with van der Waals surface area (Å²) in [6.45, 7) is 2.32. The molecule has 3 aromatic rings. The van der Waals surface area contributed by atoms with Crippen molar-refractivity contribution in [2.45, 2.75) is 13.5 Å². The van der Waals surface area contributed by atoms with Crippen LogP contribution < -0.4 is 19.7 Å². The quantitative estimate of drug-likeness (QED) is 0.182. The molecule has 4 rings (SSSR count). The van der Waals surface area contributed by atoms with Gasteiger partial charge < -0.3 is 9.47 Å². The van der Waals surface area contributed by atoms with Crippen LogP contribution in [0.1, 0.15) is 18.1 Å². The van der Waals surface area contributed by atoms with Crippen LogP contribution in [0, 0.1) is 9.39 Å². The van der Waals surface area contributed by atoms with Crippen molar-refractivity contribution in [2.24, 2.45) is 0 Å². The molecule has 4 amide bonds. The first-order valence-corrected chi connectivity index (χ1v) is 12.7. The summed E-state index contributed by atoms with van der Waals surface area (Å²) in [7, 11) is 0. The van der Waals surface area contributed by atoms with Crippen LogP contribution >= 0.6 is 45.8 Å². The van der Waals surface area contributed by atoms with Gasteiger partial charge in [-0.25, -0.2) is 14.1 Å². The Labute approximate surface area is 235 Å². The van der Waals surface area contributed by atoms with Crippen LogP contribution in [0.4, 0.5) is 14.9 Å². The number of imide groups is 2. The molecular formula is C26H18Cl2FIN2O5. The zero-order chi connectivity index (χ0) is 26.7. The highest BCUT2D eigenvalue weighted by atomic mass is 127. The van der Waals surface area contributed by atoms with E-state index in [0.717, 1.165) is 10.5 Å². The molecule has 1 aliphatic rings. The van der Waals surface area contributed by atoms with Gasteiger partial charge >= 0.3 is 6.03 Å². The maximum Gasteiger partial charge on any atom is 0.335 e. The summed E-state index contributed by atoms with van der Waals surface area (Å²) in [5.41, 5.74) is 1.14. The Morgan fingerprint density at radius 2 is 1.73 bits per heavy atom. The molecule has 1 fully saturated rings. The van der Waals surface area contributed by atoms with E-state index in [9.17, 15) is 18.8 Å². The second-order valence-electron chi connectivity index (χ2n) is 7.73. The van der Waals surface area contributed by atoms with Gasteiger partial charge in [0, 0.05) is 0 Å². The third-order valence-corrected chi connectivity index (χ3v) is 6.74. The number of nitrogens with one attached hydrogen (secondary N) is 1. The maximum atomic E-state index is 13.2. The predicted octanol–water partition coefficient (Wildman–Crippen LogP) is 6.38. The molecule has 3 aromatic carbocycles. The van der Waals surface area contributed by atoms with Crippen molar-refractivity contribution >= 4 is 75.4 Å². The van der Waals surface area contributed by atoms with E-state index in [0.29, 0.717) is 27.2 Å². The van der Waals surface area contributed by atoms with Crippen molar-refractivity contribution in [1.82, 2.24) is 5.32 Å². The summed E-state index contributed by atoms with van der Waals surface area (Å²) in [4.78, 5) is 39.1. The fourth-order valence-electron chi connectivity index (χ4n) is 3.49. The van der Waals surface area contributed by atoms with Gasteiger partial charge in [0.2, 0.25) is 0 Å². The zero-order valence-electron chi connectivity index (χ0n) is 19.2. The van der Waals surface area contributed by atoms with E-state index in [-0.39, 0.29) is 33.7 Å². The average molecular weight is 655 g/mol. The van der Waals surface area contributed by atoms with Gasteiger partial charge in [0.1, 0.15) is 18.0 Å². The molecule has 7 nitrogen and oxygen atoms in total. The zero-order valence-corrected chi connectivity index (χ0v) is 22.9. The van der Waals surface area contributed by atoms with Gasteiger partial charge in [-0.2, -0.15) is 0 Å². The van der Waals surface area contributed by atoms with Crippen molar-refractivity contribution in [3.8, 4) is 11.5 Å². The topological polar surface area (TPSA) is 84.9 Å². The smallest absolute Gasteiger partial charge is 0.335 e. The minimum absolute atomic E-state index is 0.148. The summed E-state index contributed by atoms with van der Waals surface area (Å²) in [5, 5.41) is 2.57. The number of ether oxygens (including phenoxy) is 2. The molecule has 0 saturated carbocycles. The normalized spacial score (nSPS) is 14.7. The van der Waals surface area contributed by atoms with E-state index in [1.54, 1.807) is 31.2 Å². The number of urea groups is 1. The molecule has 0 aromatic heterocycles. The third-order valence-electron chi connectivity index (χ3n) is 5.20. The van der Waals surface area contributed by atoms with Crippen molar-refractivity contribution in [2.75, 3.05) is 11.5 Å². The molecule has 1 N–H and O–H groups in total. The van der Waals surface area contributed by atoms with E-state index >= 15 is 0 Å². The fourth-order valence-corrected chi connectivity index (χ4v) is 4.57. The third kappa shape index (κ3) is 6.06. The lowest BCUT2D eigenvalue weighted by Gasteiger charge is -2.26. The molecule has 0 atom stereocenters. The molecule has 11 heteroatoms. The predicted molar refractivity (Wildman–Crippen MR) is 147 cm³/mol. The van der Waals surface area contributed by atoms with E-state index in [4.69, 9.17) is 32.7 Å². The van der Waals surface area contributed by atoms with Crippen LogP contribution in [0.2, 0.25) is 10.0 Å². The number of carbonyl (C=O) groups excluding carboxylic acids is 3. The van der Waals surface area contributed by atoms with E-state index in [1.165, 1.54) is 36.4 Å². The Morgan fingerprint density at radius 1 is 1.00 bits per heavy atom. The SMILES string of the molecule is CCOc1cc(/C=C2\C(=O)NC(=O)N(c3ccc(Cl)c(Cl)c3)C2=O)cc(I)c1OCc1ccc(F)cc1. The second kappa shape index (κ2) is 11.5. The Balaban J connectivity index is 1.66. The number of hydrogen-bond donors (Lipinski definition) is 1. The van der Waals surface area contributed by atoms with Crippen LogP contribution in [0.5, 0.6) is 11.5 Å². The number of rotatable bonds is 7. The van der Waals surface area contributed by atoms with Crippen molar-refractivity contribution in [3.05, 3.63) is 90.7 Å². The Kier molecular flexibility index (Phi) is 8.35. The number of carbonyl (C=O) groups is 3. The molecule has 1 saturated heterocycles. The summed E-state index contributed by atoms with van der Waals surface area (Å²) < 4.78 is 25.5. The summed E-state index contributed by atoms with van der Waals surface area (Å²) in [6, 6.07) is 12.6. The number of hydrogen-bond acceptors (Lipinski definition) is 5. The van der Waals surface area contributed by atoms with Crippen LogP contribution in [0.25, 0.3) is 6.08 Å². The number of benzene rings is 3. The molecule has 1 heterocycles. The second-order valence-corrected chi connectivity index (χ2v) is 9.71. The first-order chi connectivity index (χ1) is 17.7. The van der Waals surface area contributed by atoms with E-state index in [1.807, 2.05) is 0 Å². The van der Waals surface area contributed by atoms with Crippen LogP contribution in [-0.4, -0.2) is 24.5 Å². The van der Waals surface area contributed by atoms with Crippen LogP contribution in [0.3, 0.4) is 0 Å². The minimum atomic E-state index is -0.903. The van der Waals surface area contributed by atoms with Crippen LogP contribution in [0.15, 0.2) is 60.2 Å². The number of nitrogens with zero attached hydrogens (tertiary/aromatic N) is 1. The Morgan fingerprint density at radius 3 is 2.41 bits per heavy atom. The molecule has 1 aliphatic heterocycles. The van der Waals surface area contributed by atoms with E-state index in [2.05, 4.69) is 27.9 Å². The molecule has 0 unspecified atom stereocenters. The minimum Gasteiger partial charge on any atom is -0.490 e. The Hall–Kier alpha value is -3.15. The van der Waals surface area contributed by atoms with Gasteiger partial charge in [0.05, 0.1) is 25.9 Å². The molecule has 190 valence electrons. The molecule has 0 bridgehead atoms. The standard InChI is InChI=1S/C26H18Cl2FIN2O5/c1-2-36-22-11-15(10-21(30)23(22)37-13-14-3-5-16(29)6-4-14)9-18-24(33)31-26(35)32(25(18)34)17-7-8-19(27)20(28)12-17/h3-12H,2,13H2,1H3,(H,31,33,35)/b18-9+. The molecule has 0 aliphatic carbocycles. The molecule has 0 radical (unpaired) electrons. The first-order valence-electron chi connectivity index (χ1n) is 10.9. The lowest BCUT2D eigenvalue weighted by Crippen LogP contribution is -2.54. The monoisotopic (exact) mass is 654 g/mol. The van der Waals surface area contributed by atoms with Gasteiger partial charge in [0.25, 0.3) is 11.8 Å². The van der Waals surface area contributed by atoms with Gasteiger partial charge in [-0.15, -0.1) is 0 Å². The Bertz CT molecular complexity index is 1430. The number of barbiturate groups is 1. The highest BCUT2D eigenvalue weighted by molar-refractivity contribution is 14.1. The van der Waals surface area contributed by atoms with Crippen molar-refractivity contribution < 1.29 is 28.2 Å². The highest BCUT2D eigenvalue weighted by Gasteiger charge is 2.37. The first kappa shape index (κ1) is 26.9. The van der Waals surface area contributed by atoms with Crippen molar-refractivity contribution in [1.29, 1.82) is 0 Å². The van der Waals surface area contributed by atoms with Gasteiger partial charge in [0.15, 0.2) is 11.5 Å². The van der Waals surface area contributed by atoms with Gasteiger partial charge in [-0.3, -0.25) is 14.9 Å². The fraction of sp³-hybridized carbons (Fsp3) is 0.115. The number of amides is 4. The summed E-state index contributed by atoms with van der Waals surface area (Å²) in [5.74, 6) is -1.15. The molecule has 37 heavy (non-hydrogen) atoms. The summed E-state index contributed by atoms with van der Waals surface area (Å²) in [6.07, 6.45) is 1.36. The van der Waals surface area contributed by atoms with Crippen molar-refractivity contribution in [3.63, 3.8) is 0 Å². The number of halogens is 4. The lowest BCUT2D eigenvalue weighted by molar-refractivity contribution is -0.122. The maximum absolute atomic E-state index is 13.2. The number of anilines is 1. The largest absolute Gasteiger partial charge is 0.490 e. The van der Waals surface area contributed by atoms with E-state index < -0.39 is 17.8 Å². The molecule has 0 spiro atoms. The average Bonchev–Trinajstić information content (AvgIpc) is 2.84.